The number of hydrogen-bond acceptors (Lipinski definition) is 5. The van der Waals surface area contributed by atoms with E-state index in [0.29, 0.717) is 11.8 Å². The summed E-state index contributed by atoms with van der Waals surface area (Å²) in [6, 6.07) is 14.8. The second-order valence-corrected chi connectivity index (χ2v) is 8.98. The Morgan fingerprint density at radius 2 is 1.80 bits per heavy atom. The summed E-state index contributed by atoms with van der Waals surface area (Å²) in [5.74, 6) is 2.35. The Balaban J connectivity index is 1.37. The number of amides is 1. The predicted molar refractivity (Wildman–Crippen MR) is 120 cm³/mol. The molecule has 0 aliphatic carbocycles. The van der Waals surface area contributed by atoms with E-state index in [4.69, 9.17) is 9.47 Å². The first-order chi connectivity index (χ1) is 14.7. The van der Waals surface area contributed by atoms with Crippen molar-refractivity contribution < 1.29 is 14.3 Å². The molecule has 6 heteroatoms. The molecule has 0 radical (unpaired) electrons. The van der Waals surface area contributed by atoms with Gasteiger partial charge in [0.05, 0.1) is 20.0 Å². The van der Waals surface area contributed by atoms with Gasteiger partial charge in [0.15, 0.2) is 11.5 Å². The molecule has 1 atom stereocenters. The molecule has 1 amide bonds. The van der Waals surface area contributed by atoms with Crippen molar-refractivity contribution in [2.45, 2.75) is 36.7 Å². The quantitative estimate of drug-likeness (QED) is 0.657. The molecule has 4 rings (SSSR count). The molecule has 30 heavy (non-hydrogen) atoms. The zero-order valence-corrected chi connectivity index (χ0v) is 18.6. The molecule has 0 spiro atoms. The lowest BCUT2D eigenvalue weighted by Crippen LogP contribution is -2.51. The van der Waals surface area contributed by atoms with E-state index < -0.39 is 0 Å². The van der Waals surface area contributed by atoms with Crippen molar-refractivity contribution in [2.24, 2.45) is 0 Å². The highest BCUT2D eigenvalue weighted by atomic mass is 32.2. The number of ether oxygens (including phenoxy) is 2. The summed E-state index contributed by atoms with van der Waals surface area (Å²) in [4.78, 5) is 18.6. The largest absolute Gasteiger partial charge is 0.493 e. The number of benzene rings is 2. The van der Waals surface area contributed by atoms with Gasteiger partial charge in [-0.2, -0.15) is 0 Å². The van der Waals surface area contributed by atoms with Crippen molar-refractivity contribution in [1.29, 1.82) is 0 Å². The number of fused-ring (bicyclic) bond motifs is 1. The highest BCUT2D eigenvalue weighted by Crippen LogP contribution is 2.34. The van der Waals surface area contributed by atoms with Crippen LogP contribution in [-0.2, 0) is 17.8 Å². The van der Waals surface area contributed by atoms with Crippen LogP contribution >= 0.6 is 11.8 Å². The molecule has 2 aliphatic heterocycles. The second-order valence-electron chi connectivity index (χ2n) is 7.93. The Bertz CT molecular complexity index is 874. The highest BCUT2D eigenvalue weighted by Gasteiger charge is 2.30. The average molecular weight is 427 g/mol. The van der Waals surface area contributed by atoms with Crippen molar-refractivity contribution in [3.05, 3.63) is 53.6 Å². The topological polar surface area (TPSA) is 42.0 Å². The van der Waals surface area contributed by atoms with Crippen molar-refractivity contribution in [1.82, 2.24) is 9.80 Å². The van der Waals surface area contributed by atoms with E-state index in [-0.39, 0.29) is 5.91 Å². The minimum atomic E-state index is 0.248. The first kappa shape index (κ1) is 21.1. The summed E-state index contributed by atoms with van der Waals surface area (Å²) in [5, 5.41) is 0. The summed E-state index contributed by atoms with van der Waals surface area (Å²) in [7, 11) is 3.37. The number of methoxy groups -OCH3 is 2. The Morgan fingerprint density at radius 1 is 1.07 bits per heavy atom. The molecule has 1 fully saturated rings. The first-order valence-electron chi connectivity index (χ1n) is 10.6. The molecule has 2 aromatic rings. The minimum absolute atomic E-state index is 0.248. The maximum atomic E-state index is 12.8. The van der Waals surface area contributed by atoms with Gasteiger partial charge in [-0.05, 0) is 54.7 Å². The predicted octanol–water partition coefficient (Wildman–Crippen LogP) is 3.85. The second kappa shape index (κ2) is 9.75. The number of thioether (sulfide) groups is 1. The van der Waals surface area contributed by atoms with Gasteiger partial charge in [0.1, 0.15) is 0 Å². The Hall–Kier alpha value is -2.18. The van der Waals surface area contributed by atoms with Gasteiger partial charge in [0.25, 0.3) is 0 Å². The Labute approximate surface area is 183 Å². The van der Waals surface area contributed by atoms with Crippen LogP contribution in [0.3, 0.4) is 0 Å². The van der Waals surface area contributed by atoms with Crippen LogP contribution in [0.4, 0.5) is 0 Å². The van der Waals surface area contributed by atoms with Gasteiger partial charge in [-0.3, -0.25) is 9.69 Å². The zero-order valence-electron chi connectivity index (χ0n) is 17.8. The van der Waals surface area contributed by atoms with E-state index in [1.165, 1.54) is 11.1 Å². The van der Waals surface area contributed by atoms with Crippen LogP contribution < -0.4 is 9.47 Å². The molecule has 1 unspecified atom stereocenters. The van der Waals surface area contributed by atoms with Crippen LogP contribution in [0.15, 0.2) is 47.4 Å². The molecule has 0 N–H and O–H groups in total. The van der Waals surface area contributed by atoms with Crippen molar-refractivity contribution >= 4 is 17.7 Å². The molecular weight excluding hydrogens is 396 g/mol. The third-order valence-corrected chi connectivity index (χ3v) is 7.12. The maximum absolute atomic E-state index is 12.8. The number of likely N-dealkylation sites (tertiary alicyclic amines) is 1. The number of carbonyl (C=O) groups excluding carboxylic acids is 1. The molecule has 0 saturated carbocycles. The minimum Gasteiger partial charge on any atom is -0.493 e. The van der Waals surface area contributed by atoms with Gasteiger partial charge in [-0.15, -0.1) is 11.8 Å². The van der Waals surface area contributed by atoms with Crippen LogP contribution in [0.1, 0.15) is 24.0 Å². The number of hydrogen-bond donors (Lipinski definition) is 0. The molecule has 1 saturated heterocycles. The summed E-state index contributed by atoms with van der Waals surface area (Å²) in [5.41, 5.74) is 2.65. The van der Waals surface area contributed by atoms with Crippen LogP contribution in [-0.4, -0.2) is 61.4 Å². The van der Waals surface area contributed by atoms with Crippen molar-refractivity contribution in [2.75, 3.05) is 39.6 Å². The van der Waals surface area contributed by atoms with Crippen molar-refractivity contribution in [3.8, 4) is 11.5 Å². The van der Waals surface area contributed by atoms with Gasteiger partial charge in [-0.1, -0.05) is 18.2 Å². The molecule has 2 aromatic carbocycles. The third kappa shape index (κ3) is 4.76. The van der Waals surface area contributed by atoms with E-state index in [1.807, 2.05) is 18.2 Å². The van der Waals surface area contributed by atoms with E-state index in [1.54, 1.807) is 26.0 Å². The smallest absolute Gasteiger partial charge is 0.232 e. The number of piperidine rings is 1. The average Bonchev–Trinajstić information content (AvgIpc) is 2.82. The molecule has 0 aromatic heterocycles. The molecule has 2 heterocycles. The molecule has 0 bridgehead atoms. The SMILES string of the molecule is COc1cc2c(cc1OC)CN(C1CCCN(C(=O)CSc3ccccc3)C1)CC2. The molecular formula is C24H30N2O3S. The van der Waals surface area contributed by atoms with Gasteiger partial charge in [0.2, 0.25) is 5.91 Å². The van der Waals surface area contributed by atoms with E-state index in [9.17, 15) is 4.79 Å². The third-order valence-electron chi connectivity index (χ3n) is 6.12. The van der Waals surface area contributed by atoms with Crippen LogP contribution in [0, 0.1) is 0 Å². The number of carbonyl (C=O) groups is 1. The normalized spacial score (nSPS) is 19.3. The molecule has 5 nitrogen and oxygen atoms in total. The van der Waals surface area contributed by atoms with E-state index in [2.05, 4.69) is 34.1 Å². The van der Waals surface area contributed by atoms with Gasteiger partial charge >= 0.3 is 0 Å². The van der Waals surface area contributed by atoms with E-state index in [0.717, 1.165) is 61.8 Å². The lowest BCUT2D eigenvalue weighted by molar-refractivity contribution is -0.130. The molecule has 160 valence electrons. The Morgan fingerprint density at radius 3 is 2.53 bits per heavy atom. The monoisotopic (exact) mass is 426 g/mol. The zero-order chi connectivity index (χ0) is 20.9. The molecule has 2 aliphatic rings. The summed E-state index contributed by atoms with van der Waals surface area (Å²) in [6.07, 6.45) is 3.23. The fourth-order valence-electron chi connectivity index (χ4n) is 4.45. The fourth-order valence-corrected chi connectivity index (χ4v) is 5.27. The highest BCUT2D eigenvalue weighted by molar-refractivity contribution is 8.00. The fraction of sp³-hybridized carbons (Fsp3) is 0.458. The number of rotatable bonds is 6. The van der Waals surface area contributed by atoms with Crippen LogP contribution in [0.2, 0.25) is 0 Å². The van der Waals surface area contributed by atoms with Gasteiger partial charge in [0, 0.05) is 37.1 Å². The maximum Gasteiger partial charge on any atom is 0.232 e. The standard InChI is InChI=1S/C24H30N2O3S/c1-28-22-13-18-10-12-25(15-19(18)14-23(22)29-2)20-7-6-11-26(16-20)24(27)17-30-21-8-4-3-5-9-21/h3-5,8-9,13-14,20H,6-7,10-12,15-17H2,1-2H3. The first-order valence-corrected chi connectivity index (χ1v) is 11.6. The van der Waals surface area contributed by atoms with Gasteiger partial charge in [-0.25, -0.2) is 0 Å². The summed E-state index contributed by atoms with van der Waals surface area (Å²) >= 11 is 1.63. The van der Waals surface area contributed by atoms with Gasteiger partial charge < -0.3 is 14.4 Å². The van der Waals surface area contributed by atoms with Crippen LogP contribution in [0.25, 0.3) is 0 Å². The lowest BCUT2D eigenvalue weighted by Gasteiger charge is -2.41. The van der Waals surface area contributed by atoms with E-state index >= 15 is 0 Å². The van der Waals surface area contributed by atoms with Crippen LogP contribution in [0.5, 0.6) is 11.5 Å². The Kier molecular flexibility index (Phi) is 6.85. The lowest BCUT2D eigenvalue weighted by atomic mass is 9.95. The van der Waals surface area contributed by atoms with Crippen molar-refractivity contribution in [3.63, 3.8) is 0 Å². The number of nitrogens with zero attached hydrogens (tertiary/aromatic N) is 2. The summed E-state index contributed by atoms with van der Waals surface area (Å²) < 4.78 is 11.0. The summed E-state index contributed by atoms with van der Waals surface area (Å²) in [6.45, 7) is 3.63.